The van der Waals surface area contributed by atoms with Gasteiger partial charge in [-0.2, -0.15) is 13.2 Å². The second-order valence-corrected chi connectivity index (χ2v) is 3.55. The molecule has 0 radical (unpaired) electrons. The maximum Gasteiger partial charge on any atom is 0.405 e. The van der Waals surface area contributed by atoms with Gasteiger partial charge in [0.1, 0.15) is 18.2 Å². The Labute approximate surface area is 100 Å². The van der Waals surface area contributed by atoms with Crippen molar-refractivity contribution < 1.29 is 27.8 Å². The van der Waals surface area contributed by atoms with Gasteiger partial charge in [0.05, 0.1) is 19.4 Å². The summed E-state index contributed by atoms with van der Waals surface area (Å²) in [6, 6.07) is 0.906. The number of hydrogen-bond donors (Lipinski definition) is 2. The van der Waals surface area contributed by atoms with Gasteiger partial charge in [-0.1, -0.05) is 0 Å². The van der Waals surface area contributed by atoms with Crippen molar-refractivity contribution in [1.82, 2.24) is 4.98 Å². The summed E-state index contributed by atoms with van der Waals surface area (Å²) in [6.07, 6.45) is -3.73. The van der Waals surface area contributed by atoms with E-state index in [9.17, 15) is 17.6 Å². The molecule has 102 valence electrons. The zero-order valence-corrected chi connectivity index (χ0v) is 9.28. The molecule has 1 aromatic heterocycles. The first-order valence-electron chi connectivity index (χ1n) is 5.05. The average molecular weight is 268 g/mol. The van der Waals surface area contributed by atoms with Crippen LogP contribution in [0.1, 0.15) is 5.56 Å². The van der Waals surface area contributed by atoms with Crippen molar-refractivity contribution in [3.8, 4) is 0 Å². The van der Waals surface area contributed by atoms with E-state index in [4.69, 9.17) is 10.2 Å². The smallest absolute Gasteiger partial charge is 0.395 e. The van der Waals surface area contributed by atoms with E-state index < -0.39 is 31.8 Å². The Morgan fingerprint density at radius 2 is 1.94 bits per heavy atom. The second-order valence-electron chi connectivity index (χ2n) is 3.55. The SMILES string of the molecule is OCCN(CC(F)(F)F)c1ncc(F)cc1CO. The number of aliphatic hydroxyl groups is 2. The van der Waals surface area contributed by atoms with Crippen LogP contribution in [0.15, 0.2) is 12.3 Å². The highest BCUT2D eigenvalue weighted by molar-refractivity contribution is 5.46. The maximum atomic E-state index is 12.9. The zero-order chi connectivity index (χ0) is 13.8. The van der Waals surface area contributed by atoms with Gasteiger partial charge in [-0.05, 0) is 6.07 Å². The Balaban J connectivity index is 3.04. The summed E-state index contributed by atoms with van der Waals surface area (Å²) in [4.78, 5) is 4.27. The summed E-state index contributed by atoms with van der Waals surface area (Å²) in [5.41, 5.74) is -0.0623. The standard InChI is InChI=1S/C10H12F4N2O2/c11-8-3-7(5-18)9(15-4-8)16(1-2-17)6-10(12,13)14/h3-4,17-18H,1-2,5-6H2. The highest BCUT2D eigenvalue weighted by Crippen LogP contribution is 2.23. The predicted octanol–water partition coefficient (Wildman–Crippen LogP) is 1.07. The van der Waals surface area contributed by atoms with Crippen LogP contribution in [0.3, 0.4) is 0 Å². The first kappa shape index (κ1) is 14.7. The van der Waals surface area contributed by atoms with Crippen molar-refractivity contribution in [2.24, 2.45) is 0 Å². The number of aliphatic hydroxyl groups excluding tert-OH is 2. The number of aromatic nitrogens is 1. The van der Waals surface area contributed by atoms with E-state index in [-0.39, 0.29) is 17.9 Å². The molecule has 0 spiro atoms. The van der Waals surface area contributed by atoms with Crippen molar-refractivity contribution in [3.05, 3.63) is 23.6 Å². The normalized spacial score (nSPS) is 11.7. The van der Waals surface area contributed by atoms with Gasteiger partial charge in [0.25, 0.3) is 0 Å². The number of alkyl halides is 3. The van der Waals surface area contributed by atoms with Crippen LogP contribution >= 0.6 is 0 Å². The van der Waals surface area contributed by atoms with Gasteiger partial charge in [-0.3, -0.25) is 0 Å². The number of halogens is 4. The van der Waals surface area contributed by atoms with Crippen LogP contribution in [0, 0.1) is 5.82 Å². The molecule has 0 aliphatic carbocycles. The van der Waals surface area contributed by atoms with Crippen molar-refractivity contribution in [3.63, 3.8) is 0 Å². The molecule has 0 bridgehead atoms. The quantitative estimate of drug-likeness (QED) is 0.784. The second kappa shape index (κ2) is 5.96. The largest absolute Gasteiger partial charge is 0.405 e. The Hall–Kier alpha value is -1.41. The summed E-state index contributed by atoms with van der Waals surface area (Å²) in [5, 5.41) is 17.7. The van der Waals surface area contributed by atoms with Gasteiger partial charge in [-0.25, -0.2) is 9.37 Å². The molecule has 0 saturated carbocycles. The van der Waals surface area contributed by atoms with Crippen LogP contribution in [-0.4, -0.2) is 41.1 Å². The summed E-state index contributed by atoms with van der Waals surface area (Å²) < 4.78 is 49.9. The highest BCUT2D eigenvalue weighted by atomic mass is 19.4. The molecule has 18 heavy (non-hydrogen) atoms. The van der Waals surface area contributed by atoms with Gasteiger partial charge in [-0.15, -0.1) is 0 Å². The predicted molar refractivity (Wildman–Crippen MR) is 55.5 cm³/mol. The maximum absolute atomic E-state index is 12.9. The average Bonchev–Trinajstić information content (AvgIpc) is 2.26. The number of hydrogen-bond acceptors (Lipinski definition) is 4. The number of anilines is 1. The molecule has 0 fully saturated rings. The lowest BCUT2D eigenvalue weighted by Crippen LogP contribution is -2.37. The van der Waals surface area contributed by atoms with Gasteiger partial charge < -0.3 is 15.1 Å². The van der Waals surface area contributed by atoms with Gasteiger partial charge in [0.2, 0.25) is 0 Å². The highest BCUT2D eigenvalue weighted by Gasteiger charge is 2.32. The fourth-order valence-corrected chi connectivity index (χ4v) is 1.47. The fraction of sp³-hybridized carbons (Fsp3) is 0.500. The molecule has 4 nitrogen and oxygen atoms in total. The van der Waals surface area contributed by atoms with E-state index in [1.165, 1.54) is 0 Å². The van der Waals surface area contributed by atoms with Crippen molar-refractivity contribution in [2.75, 3.05) is 24.6 Å². The molecule has 1 heterocycles. The summed E-state index contributed by atoms with van der Waals surface area (Å²) in [6.45, 7) is -2.80. The van der Waals surface area contributed by atoms with Gasteiger partial charge in [0.15, 0.2) is 0 Å². The molecule has 0 aliphatic rings. The zero-order valence-electron chi connectivity index (χ0n) is 9.28. The van der Waals surface area contributed by atoms with Crippen molar-refractivity contribution in [2.45, 2.75) is 12.8 Å². The molecular weight excluding hydrogens is 256 g/mol. The summed E-state index contributed by atoms with van der Waals surface area (Å²) in [7, 11) is 0. The molecule has 0 amide bonds. The lowest BCUT2D eigenvalue weighted by atomic mass is 10.2. The lowest BCUT2D eigenvalue weighted by molar-refractivity contribution is -0.120. The molecule has 1 rings (SSSR count). The van der Waals surface area contributed by atoms with Crippen LogP contribution < -0.4 is 4.90 Å². The van der Waals surface area contributed by atoms with Crippen LogP contribution in [0.5, 0.6) is 0 Å². The van der Waals surface area contributed by atoms with E-state index in [1.54, 1.807) is 0 Å². The lowest BCUT2D eigenvalue weighted by Gasteiger charge is -2.25. The van der Waals surface area contributed by atoms with E-state index in [0.29, 0.717) is 0 Å². The minimum absolute atomic E-state index is 0.0623. The van der Waals surface area contributed by atoms with Crippen molar-refractivity contribution in [1.29, 1.82) is 0 Å². The molecule has 0 aromatic carbocycles. The van der Waals surface area contributed by atoms with E-state index in [0.717, 1.165) is 17.2 Å². The minimum atomic E-state index is -4.49. The van der Waals surface area contributed by atoms with E-state index >= 15 is 0 Å². The Kier molecular flexibility index (Phi) is 4.85. The topological polar surface area (TPSA) is 56.6 Å². The number of rotatable bonds is 5. The Morgan fingerprint density at radius 1 is 1.28 bits per heavy atom. The van der Waals surface area contributed by atoms with Crippen LogP contribution in [0.25, 0.3) is 0 Å². The first-order chi connectivity index (χ1) is 8.37. The van der Waals surface area contributed by atoms with Crippen LogP contribution in [0.4, 0.5) is 23.4 Å². The molecule has 1 aromatic rings. The molecule has 0 saturated heterocycles. The monoisotopic (exact) mass is 268 g/mol. The van der Waals surface area contributed by atoms with Crippen LogP contribution in [0.2, 0.25) is 0 Å². The molecule has 0 aliphatic heterocycles. The van der Waals surface area contributed by atoms with Gasteiger partial charge >= 0.3 is 6.18 Å². The van der Waals surface area contributed by atoms with Gasteiger partial charge in [0, 0.05) is 12.1 Å². The number of pyridine rings is 1. The summed E-state index contributed by atoms with van der Waals surface area (Å²) in [5.74, 6) is -0.941. The Bertz CT molecular complexity index is 398. The third kappa shape index (κ3) is 4.11. The molecule has 0 unspecified atom stereocenters. The number of nitrogens with zero attached hydrogens (tertiary/aromatic N) is 2. The molecule has 2 N–H and O–H groups in total. The minimum Gasteiger partial charge on any atom is -0.395 e. The third-order valence-electron chi connectivity index (χ3n) is 2.12. The fourth-order valence-electron chi connectivity index (χ4n) is 1.47. The van der Waals surface area contributed by atoms with Crippen LogP contribution in [-0.2, 0) is 6.61 Å². The molecule has 0 atom stereocenters. The Morgan fingerprint density at radius 3 is 2.44 bits per heavy atom. The van der Waals surface area contributed by atoms with Crippen molar-refractivity contribution >= 4 is 5.82 Å². The van der Waals surface area contributed by atoms with E-state index in [2.05, 4.69) is 4.98 Å². The first-order valence-corrected chi connectivity index (χ1v) is 5.05. The molecular formula is C10H12F4N2O2. The third-order valence-corrected chi connectivity index (χ3v) is 2.12. The summed E-state index contributed by atoms with van der Waals surface area (Å²) >= 11 is 0. The van der Waals surface area contributed by atoms with E-state index in [1.807, 2.05) is 0 Å². The molecule has 8 heteroatoms.